The first-order valence-corrected chi connectivity index (χ1v) is 18.7. The molecular weight excluding hydrogens is 705 g/mol. The first kappa shape index (κ1) is 39.4. The van der Waals surface area contributed by atoms with Gasteiger partial charge in [0, 0.05) is 0 Å². The minimum Gasteiger partial charge on any atom is -0.497 e. The fourth-order valence-corrected chi connectivity index (χ4v) is 6.71. The monoisotopic (exact) mass is 754 g/mol. The van der Waals surface area contributed by atoms with Gasteiger partial charge >= 0.3 is 0 Å². The summed E-state index contributed by atoms with van der Waals surface area (Å²) in [6, 6.07) is 40.7. The first-order valence-electron chi connectivity index (χ1n) is 18.7. The topological polar surface area (TPSA) is 73.8 Å². The molecule has 0 fully saturated rings. The number of hydrogen-bond acceptors (Lipinski definition) is 8. The molecule has 0 unspecified atom stereocenters. The molecule has 6 rings (SSSR count). The summed E-state index contributed by atoms with van der Waals surface area (Å²) in [6.45, 7) is 0. The van der Waals surface area contributed by atoms with Crippen molar-refractivity contribution in [2.24, 2.45) is 0 Å². The molecule has 290 valence electrons. The molecule has 0 amide bonds. The lowest BCUT2D eigenvalue weighted by Gasteiger charge is -2.18. The van der Waals surface area contributed by atoms with Crippen molar-refractivity contribution in [3.8, 4) is 57.5 Å². The summed E-state index contributed by atoms with van der Waals surface area (Å²) in [6.07, 6.45) is 4.81. The number of benzene rings is 6. The highest BCUT2D eigenvalue weighted by Crippen LogP contribution is 2.44. The molecule has 0 spiro atoms. The largest absolute Gasteiger partial charge is 0.497 e. The molecule has 0 aliphatic carbocycles. The summed E-state index contributed by atoms with van der Waals surface area (Å²) >= 11 is 0. The van der Waals surface area contributed by atoms with Crippen molar-refractivity contribution in [1.29, 1.82) is 0 Å². The quantitative estimate of drug-likeness (QED) is 0.0809. The molecule has 0 bridgehead atoms. The number of methoxy groups -OCH3 is 6. The Kier molecular flexibility index (Phi) is 13.6. The maximum Gasteiger partial charge on any atom is 0.204 e. The molecule has 0 aromatic heterocycles. The van der Waals surface area contributed by atoms with Gasteiger partial charge in [-0.25, -0.2) is 0 Å². The molecule has 56 heavy (non-hydrogen) atoms. The maximum absolute atomic E-state index is 6.64. The van der Waals surface area contributed by atoms with Crippen LogP contribution < -0.4 is 37.9 Å². The van der Waals surface area contributed by atoms with E-state index >= 15 is 0 Å². The van der Waals surface area contributed by atoms with Gasteiger partial charge in [-0.1, -0.05) is 48.5 Å². The third-order valence-electron chi connectivity index (χ3n) is 9.64. The Morgan fingerprint density at radius 3 is 0.929 bits per heavy atom. The highest BCUT2D eigenvalue weighted by Gasteiger charge is 2.19. The summed E-state index contributed by atoms with van der Waals surface area (Å²) in [5.74, 6) is 6.54. The van der Waals surface area contributed by atoms with Gasteiger partial charge in [-0.15, -0.1) is 0 Å². The SMILES string of the molecule is COc1cccc(CCc2cccc(Oc3cc(CCc4cc(OC)c(OC)c(OC)c4)cc(Oc4cccc(CCc5cccc(OC)c5)c4)c3OC)c2)c1. The van der Waals surface area contributed by atoms with Crippen LogP contribution in [0.25, 0.3) is 0 Å². The number of ether oxygens (including phenoxy) is 8. The summed E-state index contributed by atoms with van der Waals surface area (Å²) in [4.78, 5) is 0. The lowest BCUT2D eigenvalue weighted by atomic mass is 10.0. The molecule has 8 nitrogen and oxygen atoms in total. The van der Waals surface area contributed by atoms with E-state index in [2.05, 4.69) is 48.5 Å². The highest BCUT2D eigenvalue weighted by atomic mass is 16.5. The fourth-order valence-electron chi connectivity index (χ4n) is 6.71. The Hall–Kier alpha value is -6.28. The average molecular weight is 755 g/mol. The second-order valence-electron chi connectivity index (χ2n) is 13.4. The third-order valence-corrected chi connectivity index (χ3v) is 9.64. The summed E-state index contributed by atoms with van der Waals surface area (Å²) in [7, 11) is 9.87. The van der Waals surface area contributed by atoms with Crippen molar-refractivity contribution in [2.75, 3.05) is 42.7 Å². The molecule has 8 heteroatoms. The van der Waals surface area contributed by atoms with Crippen LogP contribution in [-0.4, -0.2) is 42.7 Å². The van der Waals surface area contributed by atoms with Crippen LogP contribution in [0.4, 0.5) is 0 Å². The van der Waals surface area contributed by atoms with E-state index in [9.17, 15) is 0 Å². The Morgan fingerprint density at radius 1 is 0.286 bits per heavy atom. The predicted molar refractivity (Wildman–Crippen MR) is 220 cm³/mol. The lowest BCUT2D eigenvalue weighted by Crippen LogP contribution is -2.00. The van der Waals surface area contributed by atoms with E-state index in [0.29, 0.717) is 58.8 Å². The Morgan fingerprint density at radius 2 is 0.589 bits per heavy atom. The van der Waals surface area contributed by atoms with Crippen molar-refractivity contribution in [1.82, 2.24) is 0 Å². The Bertz CT molecular complexity index is 2070. The second-order valence-corrected chi connectivity index (χ2v) is 13.4. The molecule has 0 aliphatic heterocycles. The van der Waals surface area contributed by atoms with Crippen LogP contribution >= 0.6 is 0 Å². The zero-order valence-electron chi connectivity index (χ0n) is 33.1. The molecule has 0 heterocycles. The minimum absolute atomic E-state index is 0.505. The molecular formula is C48H50O8. The van der Waals surface area contributed by atoms with E-state index in [0.717, 1.165) is 59.4 Å². The van der Waals surface area contributed by atoms with Gasteiger partial charge in [0.2, 0.25) is 11.5 Å². The molecule has 0 saturated carbocycles. The van der Waals surface area contributed by atoms with Crippen LogP contribution in [0.15, 0.2) is 121 Å². The van der Waals surface area contributed by atoms with E-state index in [-0.39, 0.29) is 0 Å². The van der Waals surface area contributed by atoms with E-state index in [1.54, 1.807) is 42.7 Å². The third kappa shape index (κ3) is 10.3. The molecule has 0 N–H and O–H groups in total. The lowest BCUT2D eigenvalue weighted by molar-refractivity contribution is 0.324. The number of rotatable bonds is 19. The van der Waals surface area contributed by atoms with Crippen molar-refractivity contribution in [2.45, 2.75) is 38.5 Å². The van der Waals surface area contributed by atoms with Gasteiger partial charge in [0.1, 0.15) is 23.0 Å². The van der Waals surface area contributed by atoms with Crippen LogP contribution in [0.2, 0.25) is 0 Å². The van der Waals surface area contributed by atoms with Gasteiger partial charge in [0.05, 0.1) is 42.7 Å². The Balaban J connectivity index is 1.28. The molecule has 0 atom stereocenters. The highest BCUT2D eigenvalue weighted by molar-refractivity contribution is 5.57. The van der Waals surface area contributed by atoms with Crippen molar-refractivity contribution in [3.05, 3.63) is 155 Å². The molecule has 0 radical (unpaired) electrons. The van der Waals surface area contributed by atoms with Crippen LogP contribution in [-0.2, 0) is 38.5 Å². The smallest absolute Gasteiger partial charge is 0.204 e. The number of aryl methyl sites for hydroxylation is 6. The van der Waals surface area contributed by atoms with Crippen LogP contribution in [0, 0.1) is 0 Å². The molecule has 6 aromatic rings. The van der Waals surface area contributed by atoms with Gasteiger partial charge in [0.15, 0.2) is 23.0 Å². The van der Waals surface area contributed by atoms with Crippen molar-refractivity contribution in [3.63, 3.8) is 0 Å². The minimum atomic E-state index is 0.505. The van der Waals surface area contributed by atoms with Gasteiger partial charge in [-0.2, -0.15) is 0 Å². The van der Waals surface area contributed by atoms with Gasteiger partial charge in [-0.3, -0.25) is 0 Å². The standard InChI is InChI=1S/C48H50O8/c1-49-39-15-7-11-33(25-39)19-21-35-13-9-17-41(27-35)55-45-31-38(24-23-37-29-43(51-3)47(53-5)44(30-37)52-4)32-46(48(45)54-6)56-42-18-10-14-36(28-42)22-20-34-12-8-16-40(26-34)50-2/h7-18,25-32H,19-24H2,1-6H3. The van der Waals surface area contributed by atoms with Gasteiger partial charge in [-0.05, 0) is 145 Å². The molecule has 6 aromatic carbocycles. The first-order chi connectivity index (χ1) is 27.4. The summed E-state index contributed by atoms with van der Waals surface area (Å²) in [5.41, 5.74) is 6.78. The van der Waals surface area contributed by atoms with Crippen LogP contribution in [0.3, 0.4) is 0 Å². The zero-order chi connectivity index (χ0) is 39.3. The van der Waals surface area contributed by atoms with E-state index in [4.69, 9.17) is 37.9 Å². The zero-order valence-corrected chi connectivity index (χ0v) is 33.1. The molecule has 0 saturated heterocycles. The normalized spacial score (nSPS) is 10.8. The van der Waals surface area contributed by atoms with Crippen LogP contribution in [0.5, 0.6) is 57.5 Å². The summed E-state index contributed by atoms with van der Waals surface area (Å²) < 4.78 is 46.9. The van der Waals surface area contributed by atoms with E-state index in [1.165, 1.54) is 11.1 Å². The molecule has 0 aliphatic rings. The van der Waals surface area contributed by atoms with E-state index < -0.39 is 0 Å². The van der Waals surface area contributed by atoms with Crippen LogP contribution in [0.1, 0.15) is 33.4 Å². The number of hydrogen-bond donors (Lipinski definition) is 0. The van der Waals surface area contributed by atoms with E-state index in [1.807, 2.05) is 72.8 Å². The van der Waals surface area contributed by atoms with Crippen molar-refractivity contribution < 1.29 is 37.9 Å². The van der Waals surface area contributed by atoms with Crippen molar-refractivity contribution >= 4 is 0 Å². The maximum atomic E-state index is 6.64. The average Bonchev–Trinajstić information content (AvgIpc) is 3.24. The fraction of sp³-hybridized carbons (Fsp3) is 0.250. The van der Waals surface area contributed by atoms with Gasteiger partial charge < -0.3 is 37.9 Å². The second kappa shape index (κ2) is 19.4. The summed E-state index contributed by atoms with van der Waals surface area (Å²) in [5, 5.41) is 0. The van der Waals surface area contributed by atoms with Gasteiger partial charge in [0.25, 0.3) is 0 Å². The Labute approximate surface area is 330 Å². The predicted octanol–water partition coefficient (Wildman–Crippen LogP) is 10.7.